The molecular weight excluding hydrogens is 221 g/mol. The van der Waals surface area contributed by atoms with E-state index in [0.29, 0.717) is 5.56 Å². The summed E-state index contributed by atoms with van der Waals surface area (Å²) in [6.07, 6.45) is 1.63. The van der Waals surface area contributed by atoms with Gasteiger partial charge >= 0.3 is 5.97 Å². The molecule has 1 aromatic carbocycles. The lowest BCUT2D eigenvalue weighted by molar-refractivity contribution is -0.138. The second kappa shape index (κ2) is 3.87. The zero-order valence-electron chi connectivity index (χ0n) is 9.75. The van der Waals surface area contributed by atoms with E-state index in [2.05, 4.69) is 4.98 Å². The largest absolute Gasteiger partial charge is 0.481 e. The highest BCUT2D eigenvalue weighted by Gasteiger charge is 2.27. The lowest BCUT2D eigenvalue weighted by atomic mass is 9.81. The number of carbonyl (C=O) groups is 1. The second-order valence-electron chi connectivity index (χ2n) is 4.85. The molecule has 1 heterocycles. The number of fused-ring (bicyclic) bond motifs is 1. The normalized spacial score (nSPS) is 11.9. The maximum Gasteiger partial charge on any atom is 0.304 e. The Morgan fingerprint density at radius 1 is 1.47 bits per heavy atom. The van der Waals surface area contributed by atoms with Crippen LogP contribution in [0.1, 0.15) is 25.8 Å². The third-order valence-corrected chi connectivity index (χ3v) is 2.96. The number of halogens is 1. The number of hydrogen-bond donors (Lipinski definition) is 2. The molecule has 2 aromatic rings. The molecule has 90 valence electrons. The molecule has 3 nitrogen and oxygen atoms in total. The smallest absolute Gasteiger partial charge is 0.304 e. The second-order valence-corrected chi connectivity index (χ2v) is 4.85. The van der Waals surface area contributed by atoms with Gasteiger partial charge in [-0.2, -0.15) is 0 Å². The van der Waals surface area contributed by atoms with E-state index in [-0.39, 0.29) is 12.2 Å². The number of H-pyrrole nitrogens is 1. The molecule has 17 heavy (non-hydrogen) atoms. The molecule has 0 aliphatic carbocycles. The molecule has 2 rings (SSSR count). The quantitative estimate of drug-likeness (QED) is 0.859. The van der Waals surface area contributed by atoms with Crippen LogP contribution in [0.4, 0.5) is 4.39 Å². The predicted molar refractivity (Wildman–Crippen MR) is 63.5 cm³/mol. The molecule has 4 heteroatoms. The Balaban J connectivity index is 2.53. The number of aromatic amines is 1. The fraction of sp³-hybridized carbons (Fsp3) is 0.308. The topological polar surface area (TPSA) is 53.1 Å². The van der Waals surface area contributed by atoms with Crippen molar-refractivity contribution in [3.05, 3.63) is 35.8 Å². The highest BCUT2D eigenvalue weighted by molar-refractivity contribution is 5.80. The summed E-state index contributed by atoms with van der Waals surface area (Å²) in [5, 5.41) is 9.63. The summed E-state index contributed by atoms with van der Waals surface area (Å²) in [5.74, 6) is -1.29. The first-order valence-corrected chi connectivity index (χ1v) is 5.39. The number of hydrogen-bond acceptors (Lipinski definition) is 1. The van der Waals surface area contributed by atoms with Crippen molar-refractivity contribution < 1.29 is 14.3 Å². The van der Waals surface area contributed by atoms with E-state index < -0.39 is 11.4 Å². The molecule has 0 saturated carbocycles. The van der Waals surface area contributed by atoms with E-state index in [0.717, 1.165) is 10.9 Å². The first kappa shape index (κ1) is 11.6. The number of benzene rings is 1. The lowest BCUT2D eigenvalue weighted by Crippen LogP contribution is -2.23. The first-order valence-electron chi connectivity index (χ1n) is 5.39. The van der Waals surface area contributed by atoms with E-state index in [4.69, 9.17) is 5.11 Å². The van der Waals surface area contributed by atoms with Crippen LogP contribution in [-0.4, -0.2) is 16.1 Å². The standard InChI is InChI=1S/C13H14FNO2/c1-13(2,7-12(16)17)9-6-11-8(3-4-15-11)5-10(9)14/h3-6,15H,7H2,1-2H3,(H,16,17). The molecule has 1 aromatic heterocycles. The molecule has 0 amide bonds. The summed E-state index contributed by atoms with van der Waals surface area (Å²) in [4.78, 5) is 13.8. The maximum atomic E-state index is 13.9. The van der Waals surface area contributed by atoms with Gasteiger partial charge in [0.1, 0.15) is 5.82 Å². The van der Waals surface area contributed by atoms with Crippen molar-refractivity contribution >= 4 is 16.9 Å². The summed E-state index contributed by atoms with van der Waals surface area (Å²) < 4.78 is 13.9. The molecule has 0 bridgehead atoms. The van der Waals surface area contributed by atoms with Gasteiger partial charge < -0.3 is 10.1 Å². The number of aliphatic carboxylic acids is 1. The molecule has 0 saturated heterocycles. The fourth-order valence-electron chi connectivity index (χ4n) is 2.06. The summed E-state index contributed by atoms with van der Waals surface area (Å²) >= 11 is 0. The van der Waals surface area contributed by atoms with Crippen LogP contribution in [-0.2, 0) is 10.2 Å². The Morgan fingerprint density at radius 3 is 2.82 bits per heavy atom. The Labute approximate surface area is 98.3 Å². The summed E-state index contributed by atoms with van der Waals surface area (Å²) in [6, 6.07) is 4.91. The Bertz CT molecular complexity index is 572. The number of nitrogens with one attached hydrogen (secondary N) is 1. The molecule has 0 radical (unpaired) electrons. The monoisotopic (exact) mass is 235 g/mol. The van der Waals surface area contributed by atoms with Crippen LogP contribution in [0, 0.1) is 5.82 Å². The van der Waals surface area contributed by atoms with E-state index in [9.17, 15) is 9.18 Å². The van der Waals surface area contributed by atoms with Crippen molar-refractivity contribution in [1.82, 2.24) is 4.98 Å². The van der Waals surface area contributed by atoms with Gasteiger partial charge in [-0.1, -0.05) is 13.8 Å². The summed E-state index contributed by atoms with van der Waals surface area (Å²) in [6.45, 7) is 3.46. The molecule has 2 N–H and O–H groups in total. The number of carboxylic acid groups (broad SMARTS) is 1. The van der Waals surface area contributed by atoms with Gasteiger partial charge in [-0.15, -0.1) is 0 Å². The highest BCUT2D eigenvalue weighted by Crippen LogP contribution is 2.31. The van der Waals surface area contributed by atoms with Gasteiger partial charge in [0.2, 0.25) is 0 Å². The average molecular weight is 235 g/mol. The molecular formula is C13H14FNO2. The Kier molecular flexibility index (Phi) is 2.65. The third kappa shape index (κ3) is 2.16. The summed E-state index contributed by atoms with van der Waals surface area (Å²) in [7, 11) is 0. The van der Waals surface area contributed by atoms with E-state index >= 15 is 0 Å². The summed E-state index contributed by atoms with van der Waals surface area (Å²) in [5.41, 5.74) is 0.518. The molecule has 0 atom stereocenters. The van der Waals surface area contributed by atoms with Crippen molar-refractivity contribution in [3.63, 3.8) is 0 Å². The van der Waals surface area contributed by atoms with Gasteiger partial charge in [-0.3, -0.25) is 4.79 Å². The number of rotatable bonds is 3. The van der Waals surface area contributed by atoms with Crippen molar-refractivity contribution in [1.29, 1.82) is 0 Å². The van der Waals surface area contributed by atoms with Crippen LogP contribution in [0.25, 0.3) is 10.9 Å². The molecule has 0 aliphatic heterocycles. The predicted octanol–water partition coefficient (Wildman–Crippen LogP) is 3.06. The van der Waals surface area contributed by atoms with Gasteiger partial charge in [0.15, 0.2) is 0 Å². The van der Waals surface area contributed by atoms with Gasteiger partial charge in [0.05, 0.1) is 6.42 Å². The zero-order valence-corrected chi connectivity index (χ0v) is 9.75. The molecule has 0 fully saturated rings. The molecule has 0 unspecified atom stereocenters. The van der Waals surface area contributed by atoms with Crippen LogP contribution in [0.15, 0.2) is 24.4 Å². The fourth-order valence-corrected chi connectivity index (χ4v) is 2.06. The van der Waals surface area contributed by atoms with Crippen molar-refractivity contribution in [2.75, 3.05) is 0 Å². The van der Waals surface area contributed by atoms with Crippen LogP contribution >= 0.6 is 0 Å². The minimum absolute atomic E-state index is 0.101. The minimum atomic E-state index is -0.930. The van der Waals surface area contributed by atoms with E-state index in [1.807, 2.05) is 0 Å². The molecule has 0 aliphatic rings. The van der Waals surface area contributed by atoms with Crippen LogP contribution in [0.2, 0.25) is 0 Å². The third-order valence-electron chi connectivity index (χ3n) is 2.96. The average Bonchev–Trinajstić information content (AvgIpc) is 2.60. The zero-order chi connectivity index (χ0) is 12.6. The van der Waals surface area contributed by atoms with Crippen LogP contribution < -0.4 is 0 Å². The van der Waals surface area contributed by atoms with E-state index in [1.54, 1.807) is 32.2 Å². The first-order chi connectivity index (χ1) is 7.90. The van der Waals surface area contributed by atoms with E-state index in [1.165, 1.54) is 6.07 Å². The highest BCUT2D eigenvalue weighted by atomic mass is 19.1. The minimum Gasteiger partial charge on any atom is -0.481 e. The maximum absolute atomic E-state index is 13.9. The van der Waals surface area contributed by atoms with Crippen molar-refractivity contribution in [2.24, 2.45) is 0 Å². The number of carboxylic acids is 1. The number of aromatic nitrogens is 1. The SMILES string of the molecule is CC(C)(CC(=O)O)c1cc2[nH]ccc2cc1F. The van der Waals surface area contributed by atoms with Gasteiger partial charge in [0.25, 0.3) is 0 Å². The van der Waals surface area contributed by atoms with Gasteiger partial charge in [0, 0.05) is 22.5 Å². The van der Waals surface area contributed by atoms with Crippen molar-refractivity contribution in [3.8, 4) is 0 Å². The molecule has 0 spiro atoms. The van der Waals surface area contributed by atoms with Gasteiger partial charge in [-0.05, 0) is 23.8 Å². The van der Waals surface area contributed by atoms with Crippen molar-refractivity contribution in [2.45, 2.75) is 25.7 Å². The Morgan fingerprint density at radius 2 is 2.18 bits per heavy atom. The van der Waals surface area contributed by atoms with Crippen LogP contribution in [0.5, 0.6) is 0 Å². The Hall–Kier alpha value is -1.84. The van der Waals surface area contributed by atoms with Crippen LogP contribution in [0.3, 0.4) is 0 Å². The van der Waals surface area contributed by atoms with Gasteiger partial charge in [-0.25, -0.2) is 4.39 Å². The lowest BCUT2D eigenvalue weighted by Gasteiger charge is -2.23.